The fourth-order valence-corrected chi connectivity index (χ4v) is 5.91. The number of fused-ring (bicyclic) bond motifs is 3. The minimum Gasteiger partial charge on any atom is -0.495 e. The van der Waals surface area contributed by atoms with Crippen LogP contribution in [0.15, 0.2) is 36.5 Å². The van der Waals surface area contributed by atoms with Crippen molar-refractivity contribution < 1.29 is 14.3 Å². The van der Waals surface area contributed by atoms with Gasteiger partial charge in [-0.3, -0.25) is 4.79 Å². The average molecular weight is 502 g/mol. The van der Waals surface area contributed by atoms with Gasteiger partial charge in [0.15, 0.2) is 0 Å². The van der Waals surface area contributed by atoms with Crippen molar-refractivity contribution >= 4 is 17.4 Å². The molecule has 0 spiro atoms. The van der Waals surface area contributed by atoms with Gasteiger partial charge in [-0.15, -0.1) is 0 Å². The molecule has 0 aliphatic carbocycles. The third-order valence-electron chi connectivity index (χ3n) is 8.08. The first-order chi connectivity index (χ1) is 18.1. The van der Waals surface area contributed by atoms with Crippen molar-refractivity contribution in [2.75, 3.05) is 49.8 Å². The third kappa shape index (κ3) is 4.70. The van der Waals surface area contributed by atoms with Crippen LogP contribution in [0.3, 0.4) is 0 Å². The SMILES string of the molecule is COc1ccc(N2CCC(C(=O)N3CCc4nc(C5CCOCC5)[nH]c4-c4cc(C)ccc43)CC2)nc1. The molecule has 2 saturated heterocycles. The quantitative estimate of drug-likeness (QED) is 0.567. The van der Waals surface area contributed by atoms with Gasteiger partial charge >= 0.3 is 0 Å². The van der Waals surface area contributed by atoms with Crippen LogP contribution in [0, 0.1) is 12.8 Å². The molecule has 0 bridgehead atoms. The number of ether oxygens (including phenoxy) is 2. The lowest BCUT2D eigenvalue weighted by atomic mass is 9.94. The van der Waals surface area contributed by atoms with Crippen LogP contribution >= 0.6 is 0 Å². The molecular formula is C29H35N5O3. The van der Waals surface area contributed by atoms with Crippen molar-refractivity contribution in [2.45, 2.75) is 44.9 Å². The second-order valence-corrected chi connectivity index (χ2v) is 10.4. The number of benzene rings is 1. The minimum absolute atomic E-state index is 0.00542. The van der Waals surface area contributed by atoms with Crippen molar-refractivity contribution in [1.29, 1.82) is 0 Å². The second kappa shape index (κ2) is 10.2. The Balaban J connectivity index is 1.21. The molecule has 3 aliphatic rings. The highest BCUT2D eigenvalue weighted by atomic mass is 16.5. The number of hydrogen-bond donors (Lipinski definition) is 1. The highest BCUT2D eigenvalue weighted by Crippen LogP contribution is 2.39. The number of aryl methyl sites for hydroxylation is 1. The molecule has 6 rings (SSSR count). The Morgan fingerprint density at radius 3 is 2.62 bits per heavy atom. The van der Waals surface area contributed by atoms with Gasteiger partial charge in [0, 0.05) is 56.7 Å². The van der Waals surface area contributed by atoms with Crippen LogP contribution in [0.25, 0.3) is 11.3 Å². The molecule has 0 saturated carbocycles. The number of hydrogen-bond acceptors (Lipinski definition) is 6. The van der Waals surface area contributed by atoms with E-state index in [0.717, 1.165) is 98.4 Å². The Labute approximate surface area is 218 Å². The molecule has 37 heavy (non-hydrogen) atoms. The standard InChI is InChI=1S/C29H35N5O3/c1-19-3-5-25-23(17-19)27-24(31-28(32-27)20-10-15-37-16-11-20)9-14-34(25)29(35)21-7-12-33(13-8-21)26-6-4-22(36-2)18-30-26/h3-6,17-18,20-21H,7-16H2,1-2H3,(H,31,32). The van der Waals surface area contributed by atoms with Gasteiger partial charge in [0.25, 0.3) is 0 Å². The van der Waals surface area contributed by atoms with E-state index in [1.54, 1.807) is 13.3 Å². The van der Waals surface area contributed by atoms with Crippen LogP contribution in [0.4, 0.5) is 11.5 Å². The molecule has 3 aliphatic heterocycles. The Kier molecular flexibility index (Phi) is 6.59. The van der Waals surface area contributed by atoms with Gasteiger partial charge < -0.3 is 24.3 Å². The zero-order valence-corrected chi connectivity index (χ0v) is 21.7. The predicted molar refractivity (Wildman–Crippen MR) is 143 cm³/mol. The van der Waals surface area contributed by atoms with E-state index in [2.05, 4.69) is 40.0 Å². The van der Waals surface area contributed by atoms with Gasteiger partial charge in [0.05, 0.1) is 30.4 Å². The molecule has 8 heteroatoms. The van der Waals surface area contributed by atoms with E-state index in [9.17, 15) is 4.79 Å². The van der Waals surface area contributed by atoms with Gasteiger partial charge in [-0.1, -0.05) is 11.6 Å². The van der Waals surface area contributed by atoms with Crippen molar-refractivity contribution in [1.82, 2.24) is 15.0 Å². The second-order valence-electron chi connectivity index (χ2n) is 10.4. The average Bonchev–Trinajstić information content (AvgIpc) is 3.32. The van der Waals surface area contributed by atoms with E-state index < -0.39 is 0 Å². The van der Waals surface area contributed by atoms with Gasteiger partial charge in [-0.25, -0.2) is 9.97 Å². The van der Waals surface area contributed by atoms with Crippen LogP contribution in [0.1, 0.15) is 48.7 Å². The summed E-state index contributed by atoms with van der Waals surface area (Å²) in [5, 5.41) is 0. The van der Waals surface area contributed by atoms with E-state index in [0.29, 0.717) is 12.5 Å². The number of nitrogens with zero attached hydrogens (tertiary/aromatic N) is 4. The summed E-state index contributed by atoms with van der Waals surface area (Å²) < 4.78 is 10.8. The zero-order valence-electron chi connectivity index (χ0n) is 21.7. The summed E-state index contributed by atoms with van der Waals surface area (Å²) in [7, 11) is 1.65. The summed E-state index contributed by atoms with van der Waals surface area (Å²) in [5.74, 6) is 3.40. The van der Waals surface area contributed by atoms with Crippen molar-refractivity contribution in [3.8, 4) is 17.0 Å². The minimum atomic E-state index is 0.00542. The molecule has 1 N–H and O–H groups in total. The van der Waals surface area contributed by atoms with E-state index in [-0.39, 0.29) is 11.8 Å². The molecular weight excluding hydrogens is 466 g/mol. The van der Waals surface area contributed by atoms with Crippen molar-refractivity contribution in [3.63, 3.8) is 0 Å². The number of imidazole rings is 1. The van der Waals surface area contributed by atoms with E-state index in [1.165, 1.54) is 5.56 Å². The third-order valence-corrected chi connectivity index (χ3v) is 8.08. The number of pyridine rings is 1. The zero-order chi connectivity index (χ0) is 25.4. The van der Waals surface area contributed by atoms with Gasteiger partial charge in [-0.05, 0) is 56.9 Å². The van der Waals surface area contributed by atoms with E-state index in [1.807, 2.05) is 17.0 Å². The Morgan fingerprint density at radius 2 is 1.89 bits per heavy atom. The first-order valence-electron chi connectivity index (χ1n) is 13.4. The molecule has 5 heterocycles. The largest absolute Gasteiger partial charge is 0.495 e. The Bertz CT molecular complexity index is 1260. The van der Waals surface area contributed by atoms with Crippen LogP contribution in [-0.4, -0.2) is 60.8 Å². The van der Waals surface area contributed by atoms with Crippen LogP contribution in [0.2, 0.25) is 0 Å². The van der Waals surface area contributed by atoms with Crippen LogP contribution in [-0.2, 0) is 16.0 Å². The molecule has 0 atom stereocenters. The molecule has 3 aromatic rings. The number of nitrogens with one attached hydrogen (secondary N) is 1. The summed E-state index contributed by atoms with van der Waals surface area (Å²) in [6, 6.07) is 10.3. The monoisotopic (exact) mass is 501 g/mol. The maximum Gasteiger partial charge on any atom is 0.230 e. The number of H-pyrrole nitrogens is 1. The smallest absolute Gasteiger partial charge is 0.230 e. The number of aromatic nitrogens is 3. The molecule has 1 aromatic carbocycles. The lowest BCUT2D eigenvalue weighted by molar-refractivity contribution is -0.123. The summed E-state index contributed by atoms with van der Waals surface area (Å²) in [4.78, 5) is 31.4. The van der Waals surface area contributed by atoms with E-state index >= 15 is 0 Å². The first-order valence-corrected chi connectivity index (χ1v) is 13.4. The molecule has 8 nitrogen and oxygen atoms in total. The van der Waals surface area contributed by atoms with Gasteiger partial charge in [0.2, 0.25) is 5.91 Å². The summed E-state index contributed by atoms with van der Waals surface area (Å²) in [6.45, 7) is 5.98. The van der Waals surface area contributed by atoms with Crippen LogP contribution in [0.5, 0.6) is 5.75 Å². The normalized spacial score (nSPS) is 18.8. The predicted octanol–water partition coefficient (Wildman–Crippen LogP) is 4.49. The molecule has 2 fully saturated rings. The first kappa shape index (κ1) is 24.0. The fraction of sp³-hybridized carbons (Fsp3) is 0.483. The number of carbonyl (C=O) groups is 1. The number of aromatic amines is 1. The fourth-order valence-electron chi connectivity index (χ4n) is 5.91. The van der Waals surface area contributed by atoms with Crippen molar-refractivity contribution in [2.24, 2.45) is 5.92 Å². The molecule has 0 radical (unpaired) electrons. The molecule has 2 aromatic heterocycles. The number of methoxy groups -OCH3 is 1. The highest BCUT2D eigenvalue weighted by Gasteiger charge is 2.33. The van der Waals surface area contributed by atoms with Crippen molar-refractivity contribution in [3.05, 3.63) is 53.6 Å². The number of anilines is 2. The topological polar surface area (TPSA) is 83.6 Å². The summed E-state index contributed by atoms with van der Waals surface area (Å²) in [5.41, 5.74) is 5.42. The van der Waals surface area contributed by atoms with Gasteiger partial charge in [-0.2, -0.15) is 0 Å². The number of piperidine rings is 1. The van der Waals surface area contributed by atoms with E-state index in [4.69, 9.17) is 14.5 Å². The summed E-state index contributed by atoms with van der Waals surface area (Å²) in [6.07, 6.45) is 6.15. The maximum absolute atomic E-state index is 13.9. The van der Waals surface area contributed by atoms with Gasteiger partial charge in [0.1, 0.15) is 17.4 Å². The molecule has 194 valence electrons. The number of carbonyl (C=O) groups excluding carboxylic acids is 1. The lowest BCUT2D eigenvalue weighted by Crippen LogP contribution is -2.43. The molecule has 0 unspecified atom stereocenters. The summed E-state index contributed by atoms with van der Waals surface area (Å²) >= 11 is 0. The highest BCUT2D eigenvalue weighted by molar-refractivity contribution is 5.99. The maximum atomic E-state index is 13.9. The number of amides is 1. The molecule has 1 amide bonds. The Hall–Kier alpha value is -3.39. The lowest BCUT2D eigenvalue weighted by Gasteiger charge is -2.35. The number of rotatable bonds is 4. The Morgan fingerprint density at radius 1 is 1.08 bits per heavy atom. The van der Waals surface area contributed by atoms with Crippen LogP contribution < -0.4 is 14.5 Å².